The number of rotatable bonds is 6. The number of nitrogens with zero attached hydrogens (tertiary/aromatic N) is 3. The van der Waals surface area contributed by atoms with Crippen molar-refractivity contribution in [1.29, 1.82) is 0 Å². The van der Waals surface area contributed by atoms with Crippen LogP contribution in [0.5, 0.6) is 0 Å². The van der Waals surface area contributed by atoms with E-state index in [1.54, 1.807) is 18.2 Å². The maximum Gasteiger partial charge on any atom is 0.270 e. The van der Waals surface area contributed by atoms with Crippen LogP contribution in [-0.4, -0.2) is 17.5 Å². The van der Waals surface area contributed by atoms with E-state index in [0.717, 1.165) is 28.0 Å². The van der Waals surface area contributed by atoms with Crippen molar-refractivity contribution in [1.82, 2.24) is 0 Å². The number of amidine groups is 1. The van der Waals surface area contributed by atoms with Crippen LogP contribution in [0.4, 0.5) is 11.4 Å². The van der Waals surface area contributed by atoms with Crippen LogP contribution >= 0.6 is 0 Å². The number of nitro groups is 1. The van der Waals surface area contributed by atoms with Crippen LogP contribution in [0.25, 0.3) is 11.1 Å². The van der Waals surface area contributed by atoms with Gasteiger partial charge in [-0.3, -0.25) is 10.1 Å². The van der Waals surface area contributed by atoms with E-state index in [1.807, 2.05) is 56.3 Å². The summed E-state index contributed by atoms with van der Waals surface area (Å²) in [6.07, 6.45) is 7.34. The number of aliphatic imine (C=N–C) groups is 2. The van der Waals surface area contributed by atoms with E-state index in [4.69, 9.17) is 0 Å². The number of hydrogen-bond donors (Lipinski definition) is 0. The third kappa shape index (κ3) is 4.95. The fourth-order valence-corrected chi connectivity index (χ4v) is 2.50. The number of nitro benzene ring substituents is 1. The summed E-state index contributed by atoms with van der Waals surface area (Å²) in [5.74, 6) is 0.481. The van der Waals surface area contributed by atoms with E-state index in [-0.39, 0.29) is 5.69 Å². The average Bonchev–Trinajstić information content (AvgIpc) is 2.68. The van der Waals surface area contributed by atoms with E-state index in [2.05, 4.69) is 23.3 Å². The number of benzene rings is 2. The minimum Gasteiger partial charge on any atom is -0.258 e. The molecule has 0 saturated carbocycles. The van der Waals surface area contributed by atoms with E-state index >= 15 is 0 Å². The molecule has 2 aromatic carbocycles. The first kappa shape index (κ1) is 19.7. The molecule has 0 bridgehead atoms. The van der Waals surface area contributed by atoms with Gasteiger partial charge >= 0.3 is 0 Å². The molecule has 0 aliphatic heterocycles. The van der Waals surface area contributed by atoms with Crippen molar-refractivity contribution in [2.75, 3.05) is 0 Å². The van der Waals surface area contributed by atoms with Gasteiger partial charge in [-0.15, -0.1) is 0 Å². The Morgan fingerprint density at radius 3 is 2.52 bits per heavy atom. The molecule has 0 atom stereocenters. The second-order valence-corrected chi connectivity index (χ2v) is 5.75. The number of hydrogen-bond acceptors (Lipinski definition) is 3. The van der Waals surface area contributed by atoms with Gasteiger partial charge in [-0.05, 0) is 49.4 Å². The minimum absolute atomic E-state index is 0.0649. The fourth-order valence-electron chi connectivity index (χ4n) is 2.50. The van der Waals surface area contributed by atoms with E-state index < -0.39 is 4.92 Å². The molecule has 0 unspecified atom stereocenters. The van der Waals surface area contributed by atoms with Gasteiger partial charge in [0.15, 0.2) is 5.84 Å². The standard InChI is InChI=1S/C22H21N3O2/c1-5-7-9-17(6-2)22(23-4)24-21-13-12-19(14-16(21)3)18-10-8-11-20(15-18)25(26)27/h5-15H,2,4H2,1,3H3/b7-5-,17-9+,24-22?. The topological polar surface area (TPSA) is 67.9 Å². The molecule has 136 valence electrons. The molecular weight excluding hydrogens is 338 g/mol. The number of aryl methyl sites for hydroxylation is 1. The third-order valence-electron chi connectivity index (χ3n) is 3.91. The summed E-state index contributed by atoms with van der Waals surface area (Å²) in [6, 6.07) is 12.3. The quantitative estimate of drug-likeness (QED) is 0.209. The highest BCUT2D eigenvalue weighted by Gasteiger charge is 2.09. The highest BCUT2D eigenvalue weighted by atomic mass is 16.6. The molecule has 2 aromatic rings. The molecule has 0 fully saturated rings. The van der Waals surface area contributed by atoms with Crippen molar-refractivity contribution in [3.63, 3.8) is 0 Å². The van der Waals surface area contributed by atoms with Gasteiger partial charge in [0.25, 0.3) is 5.69 Å². The largest absolute Gasteiger partial charge is 0.270 e. The van der Waals surface area contributed by atoms with Gasteiger partial charge in [0.1, 0.15) is 0 Å². The van der Waals surface area contributed by atoms with Crippen LogP contribution in [0, 0.1) is 17.0 Å². The molecule has 0 saturated heterocycles. The van der Waals surface area contributed by atoms with Gasteiger partial charge in [0.05, 0.1) is 10.6 Å². The van der Waals surface area contributed by atoms with Crippen molar-refractivity contribution in [3.8, 4) is 11.1 Å². The molecule has 5 heteroatoms. The van der Waals surface area contributed by atoms with Crippen molar-refractivity contribution in [3.05, 3.63) is 94.6 Å². The van der Waals surface area contributed by atoms with Crippen LogP contribution in [0.2, 0.25) is 0 Å². The smallest absolute Gasteiger partial charge is 0.258 e. The first-order valence-corrected chi connectivity index (χ1v) is 8.36. The molecule has 0 amide bonds. The fraction of sp³-hybridized carbons (Fsp3) is 0.0909. The lowest BCUT2D eigenvalue weighted by Crippen LogP contribution is -1.96. The molecular formula is C22H21N3O2. The Hall–Kier alpha value is -3.60. The second kappa shape index (κ2) is 9.20. The Balaban J connectivity index is 2.44. The predicted octanol–water partition coefficient (Wildman–Crippen LogP) is 5.99. The molecule has 5 nitrogen and oxygen atoms in total. The van der Waals surface area contributed by atoms with E-state index in [9.17, 15) is 10.1 Å². The molecule has 2 rings (SSSR count). The Bertz CT molecular complexity index is 969. The lowest BCUT2D eigenvalue weighted by atomic mass is 10.0. The first-order valence-electron chi connectivity index (χ1n) is 8.36. The van der Waals surface area contributed by atoms with Gasteiger partial charge in [0.2, 0.25) is 0 Å². The summed E-state index contributed by atoms with van der Waals surface area (Å²) < 4.78 is 0. The Morgan fingerprint density at radius 1 is 1.19 bits per heavy atom. The zero-order valence-electron chi connectivity index (χ0n) is 15.4. The van der Waals surface area contributed by atoms with Crippen molar-refractivity contribution in [2.24, 2.45) is 9.98 Å². The second-order valence-electron chi connectivity index (χ2n) is 5.75. The van der Waals surface area contributed by atoms with Crippen molar-refractivity contribution < 1.29 is 4.92 Å². The molecule has 0 N–H and O–H groups in total. The molecule has 0 radical (unpaired) electrons. The normalized spacial score (nSPS) is 12.2. The summed E-state index contributed by atoms with van der Waals surface area (Å²) in [5.41, 5.74) is 4.18. The maximum absolute atomic E-state index is 11.0. The lowest BCUT2D eigenvalue weighted by molar-refractivity contribution is -0.384. The molecule has 0 heterocycles. The zero-order valence-corrected chi connectivity index (χ0v) is 15.4. The van der Waals surface area contributed by atoms with Crippen molar-refractivity contribution in [2.45, 2.75) is 13.8 Å². The maximum atomic E-state index is 11.0. The summed E-state index contributed by atoms with van der Waals surface area (Å²) in [4.78, 5) is 19.2. The molecule has 0 spiro atoms. The van der Waals surface area contributed by atoms with Crippen LogP contribution < -0.4 is 0 Å². The van der Waals surface area contributed by atoms with Crippen molar-refractivity contribution >= 4 is 23.9 Å². The highest BCUT2D eigenvalue weighted by molar-refractivity contribution is 6.04. The summed E-state index contributed by atoms with van der Waals surface area (Å²) in [5, 5.41) is 11.0. The molecule has 27 heavy (non-hydrogen) atoms. The highest BCUT2D eigenvalue weighted by Crippen LogP contribution is 2.29. The predicted molar refractivity (Wildman–Crippen MR) is 113 cm³/mol. The van der Waals surface area contributed by atoms with Crippen LogP contribution in [0.3, 0.4) is 0 Å². The third-order valence-corrected chi connectivity index (χ3v) is 3.91. The summed E-state index contributed by atoms with van der Waals surface area (Å²) in [7, 11) is 0. The van der Waals surface area contributed by atoms with Crippen LogP contribution in [0.15, 0.2) is 88.9 Å². The monoisotopic (exact) mass is 359 g/mol. The Labute approximate surface area is 159 Å². The van der Waals surface area contributed by atoms with Gasteiger partial charge in [-0.25, -0.2) is 9.98 Å². The lowest BCUT2D eigenvalue weighted by Gasteiger charge is -2.07. The molecule has 0 aliphatic carbocycles. The van der Waals surface area contributed by atoms with Gasteiger partial charge in [-0.1, -0.05) is 49.1 Å². The van der Waals surface area contributed by atoms with E-state index in [1.165, 1.54) is 6.07 Å². The zero-order chi connectivity index (χ0) is 19.8. The Morgan fingerprint density at radius 2 is 1.93 bits per heavy atom. The van der Waals surface area contributed by atoms with Gasteiger partial charge in [-0.2, -0.15) is 0 Å². The number of non-ortho nitro benzene ring substituents is 1. The number of allylic oxidation sites excluding steroid dienone is 3. The minimum atomic E-state index is -0.398. The molecule has 0 aromatic heterocycles. The SMILES string of the molecule is C=C/C(=C\C=C/C)C(N=C)=Nc1ccc(-c2cccc([N+](=O)[O-])c2)cc1C. The average molecular weight is 359 g/mol. The van der Waals surface area contributed by atoms with Gasteiger partial charge < -0.3 is 0 Å². The van der Waals surface area contributed by atoms with E-state index in [0.29, 0.717) is 5.84 Å². The summed E-state index contributed by atoms with van der Waals surface area (Å²) in [6.45, 7) is 11.3. The van der Waals surface area contributed by atoms with Crippen LogP contribution in [-0.2, 0) is 0 Å². The first-order chi connectivity index (χ1) is 13.0. The summed E-state index contributed by atoms with van der Waals surface area (Å²) >= 11 is 0. The van der Waals surface area contributed by atoms with Crippen LogP contribution in [0.1, 0.15) is 12.5 Å². The molecule has 0 aliphatic rings. The Kier molecular flexibility index (Phi) is 6.72. The van der Waals surface area contributed by atoms with Gasteiger partial charge in [0, 0.05) is 17.7 Å².